The van der Waals surface area contributed by atoms with Gasteiger partial charge in [0, 0.05) is 17.0 Å². The molecule has 4 rings (SSSR count). The van der Waals surface area contributed by atoms with E-state index in [-0.39, 0.29) is 34.5 Å². The first kappa shape index (κ1) is 20.2. The zero-order valence-corrected chi connectivity index (χ0v) is 15.7. The molecule has 7 nitrogen and oxygen atoms in total. The number of benzene rings is 2. The number of carbonyl (C=O) groups excluding carboxylic acids is 1. The highest BCUT2D eigenvalue weighted by Gasteiger charge is 2.21. The zero-order valence-electron chi connectivity index (χ0n) is 15.7. The third kappa shape index (κ3) is 3.41. The van der Waals surface area contributed by atoms with E-state index in [0.717, 1.165) is 6.07 Å². The fraction of sp³-hybridized carbons (Fsp3) is 0.0952. The predicted octanol–water partition coefficient (Wildman–Crippen LogP) is 3.56. The molecule has 0 aliphatic rings. The van der Waals surface area contributed by atoms with Crippen molar-refractivity contribution in [3.05, 3.63) is 65.2 Å². The van der Waals surface area contributed by atoms with E-state index in [4.69, 9.17) is 0 Å². The molecule has 0 saturated heterocycles. The highest BCUT2D eigenvalue weighted by molar-refractivity contribution is 6.18. The number of halogens is 3. The fourth-order valence-electron chi connectivity index (χ4n) is 3.70. The molecule has 158 valence electrons. The maximum atomic E-state index is 14.3. The third-order valence-electron chi connectivity index (χ3n) is 4.97. The van der Waals surface area contributed by atoms with Crippen LogP contribution in [0.5, 0.6) is 5.75 Å². The second-order valence-electron chi connectivity index (χ2n) is 6.82. The van der Waals surface area contributed by atoms with Crippen molar-refractivity contribution < 1.29 is 33.0 Å². The van der Waals surface area contributed by atoms with Gasteiger partial charge in [0.2, 0.25) is 6.41 Å². The summed E-state index contributed by atoms with van der Waals surface area (Å²) < 4.78 is 42.8. The number of carboxylic acids is 1. The average molecular weight is 429 g/mol. The summed E-state index contributed by atoms with van der Waals surface area (Å²) in [6, 6.07) is 4.20. The molecule has 0 saturated carbocycles. The molecule has 10 heteroatoms. The number of aliphatic carboxylic acids is 1. The van der Waals surface area contributed by atoms with Gasteiger partial charge < -0.3 is 20.1 Å². The number of nitrogens with zero attached hydrogens (tertiary/aromatic N) is 2. The lowest BCUT2D eigenvalue weighted by molar-refractivity contribution is -0.136. The maximum absolute atomic E-state index is 14.3. The number of rotatable bonds is 6. The highest BCUT2D eigenvalue weighted by Crippen LogP contribution is 2.40. The average Bonchev–Trinajstić information content (AvgIpc) is 3.03. The first-order valence-electron chi connectivity index (χ1n) is 8.98. The lowest BCUT2D eigenvalue weighted by Crippen LogP contribution is -2.07. The number of aromatic nitrogens is 2. The molecule has 0 spiro atoms. The Bertz CT molecular complexity index is 1370. The van der Waals surface area contributed by atoms with E-state index in [1.54, 1.807) is 6.07 Å². The van der Waals surface area contributed by atoms with Crippen LogP contribution in [0.3, 0.4) is 0 Å². The molecule has 0 fully saturated rings. The summed E-state index contributed by atoms with van der Waals surface area (Å²) in [4.78, 5) is 26.4. The van der Waals surface area contributed by atoms with Crippen molar-refractivity contribution in [2.75, 3.05) is 5.32 Å². The minimum absolute atomic E-state index is 0.152. The van der Waals surface area contributed by atoms with Crippen LogP contribution in [0.25, 0.3) is 21.8 Å². The Morgan fingerprint density at radius 1 is 1.03 bits per heavy atom. The zero-order chi connectivity index (χ0) is 22.3. The van der Waals surface area contributed by atoms with Crippen molar-refractivity contribution in [1.82, 2.24) is 9.55 Å². The second kappa shape index (κ2) is 7.63. The van der Waals surface area contributed by atoms with Crippen molar-refractivity contribution in [2.45, 2.75) is 13.0 Å². The predicted molar refractivity (Wildman–Crippen MR) is 105 cm³/mol. The second-order valence-corrected chi connectivity index (χ2v) is 6.82. The van der Waals surface area contributed by atoms with Gasteiger partial charge in [-0.1, -0.05) is 6.07 Å². The number of carbonyl (C=O) groups is 2. The van der Waals surface area contributed by atoms with Gasteiger partial charge in [0.15, 0.2) is 11.6 Å². The van der Waals surface area contributed by atoms with Gasteiger partial charge in [0.1, 0.15) is 11.6 Å². The minimum Gasteiger partial charge on any atom is -0.506 e. The number of hydrogen-bond donors (Lipinski definition) is 3. The fourth-order valence-corrected chi connectivity index (χ4v) is 3.70. The van der Waals surface area contributed by atoms with Gasteiger partial charge in [-0.3, -0.25) is 14.6 Å². The van der Waals surface area contributed by atoms with Crippen LogP contribution in [0.15, 0.2) is 36.7 Å². The molecule has 3 N–H and O–H groups in total. The summed E-state index contributed by atoms with van der Waals surface area (Å²) in [5, 5.41) is 22.7. The summed E-state index contributed by atoms with van der Waals surface area (Å²) in [6.45, 7) is -0.243. The number of amides is 1. The molecule has 0 bridgehead atoms. The van der Waals surface area contributed by atoms with Crippen LogP contribution in [0.2, 0.25) is 0 Å². The van der Waals surface area contributed by atoms with Gasteiger partial charge in [0.25, 0.3) is 0 Å². The lowest BCUT2D eigenvalue weighted by Gasteiger charge is -2.11. The quantitative estimate of drug-likeness (QED) is 0.321. The van der Waals surface area contributed by atoms with Crippen LogP contribution < -0.4 is 5.32 Å². The molecule has 0 aliphatic heterocycles. The number of fused-ring (bicyclic) bond motifs is 3. The molecule has 0 aliphatic carbocycles. The summed E-state index contributed by atoms with van der Waals surface area (Å²) in [6.07, 6.45) is 2.52. The van der Waals surface area contributed by atoms with Crippen molar-refractivity contribution in [2.24, 2.45) is 0 Å². The maximum Gasteiger partial charge on any atom is 0.307 e. The van der Waals surface area contributed by atoms with E-state index >= 15 is 0 Å². The van der Waals surface area contributed by atoms with E-state index in [1.807, 2.05) is 0 Å². The Morgan fingerprint density at radius 2 is 1.77 bits per heavy atom. The van der Waals surface area contributed by atoms with Crippen molar-refractivity contribution in [3.8, 4) is 5.75 Å². The molecule has 0 atom stereocenters. The molecule has 4 aromatic rings. The van der Waals surface area contributed by atoms with Crippen molar-refractivity contribution >= 4 is 39.9 Å². The Labute approximate surface area is 172 Å². The van der Waals surface area contributed by atoms with Crippen LogP contribution in [0.1, 0.15) is 11.1 Å². The van der Waals surface area contributed by atoms with Gasteiger partial charge in [-0.15, -0.1) is 0 Å². The summed E-state index contributed by atoms with van der Waals surface area (Å²) in [5.74, 6) is -4.89. The Morgan fingerprint density at radius 3 is 2.48 bits per heavy atom. The smallest absolute Gasteiger partial charge is 0.307 e. The molecule has 31 heavy (non-hydrogen) atoms. The van der Waals surface area contributed by atoms with Gasteiger partial charge in [-0.05, 0) is 17.7 Å². The molecule has 1 amide bonds. The molecular formula is C21H14F3N3O4. The SMILES string of the molecule is O=CNc1c(CC(=O)O)ccc2c1c1c(O)cncc1n2Cc1cc(F)c(F)cc1F. The van der Waals surface area contributed by atoms with Crippen LogP contribution >= 0.6 is 0 Å². The highest BCUT2D eigenvalue weighted by atomic mass is 19.2. The molecule has 2 heterocycles. The first-order chi connectivity index (χ1) is 14.8. The summed E-state index contributed by atoms with van der Waals surface area (Å²) in [5.41, 5.74) is 0.995. The first-order valence-corrected chi connectivity index (χ1v) is 8.98. The molecule has 2 aromatic heterocycles. The topological polar surface area (TPSA) is 104 Å². The Balaban J connectivity index is 2.05. The van der Waals surface area contributed by atoms with E-state index in [1.165, 1.54) is 23.0 Å². The Kier molecular flexibility index (Phi) is 4.97. The van der Waals surface area contributed by atoms with E-state index in [0.29, 0.717) is 28.9 Å². The van der Waals surface area contributed by atoms with Crippen LogP contribution in [-0.2, 0) is 22.6 Å². The normalized spacial score (nSPS) is 11.2. The van der Waals surface area contributed by atoms with Gasteiger partial charge in [-0.2, -0.15) is 0 Å². The minimum atomic E-state index is -1.32. The van der Waals surface area contributed by atoms with Gasteiger partial charge in [0.05, 0.1) is 47.5 Å². The Hall–Kier alpha value is -4.08. The number of nitrogens with one attached hydrogen (secondary N) is 1. The van der Waals surface area contributed by atoms with Crippen LogP contribution in [0.4, 0.5) is 18.9 Å². The molecule has 0 unspecified atom stereocenters. The van der Waals surface area contributed by atoms with Crippen LogP contribution in [-0.4, -0.2) is 32.1 Å². The molecule has 2 aromatic carbocycles. The number of anilines is 1. The van der Waals surface area contributed by atoms with E-state index in [2.05, 4.69) is 10.3 Å². The van der Waals surface area contributed by atoms with Crippen molar-refractivity contribution in [3.63, 3.8) is 0 Å². The monoisotopic (exact) mass is 429 g/mol. The molecule has 0 radical (unpaired) electrons. The van der Waals surface area contributed by atoms with Gasteiger partial charge >= 0.3 is 5.97 Å². The summed E-state index contributed by atoms with van der Waals surface area (Å²) in [7, 11) is 0. The number of hydrogen-bond acceptors (Lipinski definition) is 4. The number of carboxylic acid groups (broad SMARTS) is 1. The molecular weight excluding hydrogens is 415 g/mol. The van der Waals surface area contributed by atoms with Crippen molar-refractivity contribution in [1.29, 1.82) is 0 Å². The summed E-state index contributed by atoms with van der Waals surface area (Å²) >= 11 is 0. The lowest BCUT2D eigenvalue weighted by atomic mass is 10.0. The number of pyridine rings is 1. The largest absolute Gasteiger partial charge is 0.506 e. The van der Waals surface area contributed by atoms with Gasteiger partial charge in [-0.25, -0.2) is 13.2 Å². The van der Waals surface area contributed by atoms with E-state index < -0.39 is 29.8 Å². The third-order valence-corrected chi connectivity index (χ3v) is 4.97. The van der Waals surface area contributed by atoms with E-state index in [9.17, 15) is 33.0 Å². The van der Waals surface area contributed by atoms with Crippen LogP contribution in [0, 0.1) is 17.5 Å². The number of aromatic hydroxyl groups is 1. The standard InChI is InChI=1S/C21H14F3N3O4/c22-12-5-14(24)13(23)3-11(12)8-27-15-2-1-10(4-18(30)31)21(26-9-28)20(15)19-16(27)6-25-7-17(19)29/h1-3,5-7,9,29H,4,8H2,(H,26,28)(H,30,31).